The Morgan fingerprint density at radius 3 is 2.22 bits per heavy atom. The van der Waals surface area contributed by atoms with Crippen LogP contribution in [-0.4, -0.2) is 17.8 Å². The first-order valence-electron chi connectivity index (χ1n) is 2.04. The van der Waals surface area contributed by atoms with E-state index >= 15 is 0 Å². The maximum Gasteiger partial charge on any atom is 1.00 e. The monoisotopic (exact) mass is 146 g/mol. The third kappa shape index (κ3) is 8.47. The largest absolute Gasteiger partial charge is 1.00 e. The van der Waals surface area contributed by atoms with Crippen LogP contribution in [0.5, 0.6) is 0 Å². The van der Waals surface area contributed by atoms with Gasteiger partial charge in [0.05, 0.1) is 23.7 Å². The fourth-order valence-electron chi connectivity index (χ4n) is 0.165. The van der Waals surface area contributed by atoms with Crippen molar-refractivity contribution in [1.82, 2.24) is 0 Å². The Bertz CT molecular complexity index is 115. The molecular weight excluding hydrogens is 139 g/mol. The standard InChI is InChI=1S/C3H7O4S.Li/c1-3(2-4)7-8(5)6;/h3-4H,2H2,1H3;/q-1;+1. The third-order valence-electron chi connectivity index (χ3n) is 0.500. The predicted octanol–water partition coefficient (Wildman–Crippen LogP) is -3.39. The summed E-state index contributed by atoms with van der Waals surface area (Å²) >= 11 is 0. The summed E-state index contributed by atoms with van der Waals surface area (Å²) in [5.74, 6) is 0. The summed E-state index contributed by atoms with van der Waals surface area (Å²) in [7, 11) is -2.51. The molecule has 0 aliphatic rings. The number of rotatable bonds is 3. The van der Waals surface area contributed by atoms with Gasteiger partial charge < -0.3 is 17.7 Å². The zero-order chi connectivity index (χ0) is 6.57. The fraction of sp³-hybridized carbons (Fsp3) is 1.00. The van der Waals surface area contributed by atoms with Crippen molar-refractivity contribution in [2.45, 2.75) is 13.0 Å². The molecule has 0 spiro atoms. The van der Waals surface area contributed by atoms with Gasteiger partial charge >= 0.3 is 18.9 Å². The molecule has 0 aliphatic heterocycles. The Morgan fingerprint density at radius 1 is 1.67 bits per heavy atom. The van der Waals surface area contributed by atoms with Gasteiger partial charge in [-0.2, -0.15) is 0 Å². The summed E-state index contributed by atoms with van der Waals surface area (Å²) in [5.41, 5.74) is 0. The van der Waals surface area contributed by atoms with E-state index < -0.39 is 17.1 Å². The molecule has 0 aromatic heterocycles. The summed E-state index contributed by atoms with van der Waals surface area (Å²) in [4.78, 5) is 0. The van der Waals surface area contributed by atoms with Gasteiger partial charge in [0, 0.05) is 0 Å². The molecule has 0 rings (SSSR count). The Kier molecular flexibility index (Phi) is 8.91. The van der Waals surface area contributed by atoms with E-state index in [0.29, 0.717) is 0 Å². The zero-order valence-corrected chi connectivity index (χ0v) is 6.18. The van der Waals surface area contributed by atoms with Gasteiger partial charge in [-0.15, -0.1) is 0 Å². The van der Waals surface area contributed by atoms with E-state index in [4.69, 9.17) is 5.11 Å². The van der Waals surface area contributed by atoms with Gasteiger partial charge in [0.1, 0.15) is 0 Å². The van der Waals surface area contributed by atoms with E-state index in [9.17, 15) is 8.42 Å². The molecule has 9 heavy (non-hydrogen) atoms. The SMILES string of the molecule is CC(CO)O[S-](=O)=O.[Li+]. The number of aliphatic hydroxyl groups excluding tert-OH is 1. The van der Waals surface area contributed by atoms with Gasteiger partial charge in [-0.05, 0) is 6.92 Å². The van der Waals surface area contributed by atoms with E-state index in [1.807, 2.05) is 0 Å². The summed E-state index contributed by atoms with van der Waals surface area (Å²) in [6, 6.07) is 0. The molecule has 1 atom stereocenters. The molecule has 0 radical (unpaired) electrons. The molecule has 0 saturated carbocycles. The third-order valence-corrected chi connectivity index (χ3v) is 0.986. The molecule has 6 heteroatoms. The van der Waals surface area contributed by atoms with Crippen molar-refractivity contribution >= 4 is 11.0 Å². The topological polar surface area (TPSA) is 63.6 Å². The minimum absolute atomic E-state index is 0. The quantitative estimate of drug-likeness (QED) is 0.333. The molecule has 4 nitrogen and oxygen atoms in total. The number of hydrogen-bond donors (Lipinski definition) is 1. The predicted molar refractivity (Wildman–Crippen MR) is 26.4 cm³/mol. The van der Waals surface area contributed by atoms with E-state index in [2.05, 4.69) is 4.18 Å². The van der Waals surface area contributed by atoms with Crippen LogP contribution in [0.1, 0.15) is 6.92 Å². The van der Waals surface area contributed by atoms with Crippen molar-refractivity contribution in [2.24, 2.45) is 0 Å². The van der Waals surface area contributed by atoms with Crippen LogP contribution in [0, 0.1) is 0 Å². The maximum atomic E-state index is 9.64. The second-order valence-corrected chi connectivity index (χ2v) is 1.89. The van der Waals surface area contributed by atoms with Crippen LogP contribution >= 0.6 is 0 Å². The summed E-state index contributed by atoms with van der Waals surface area (Å²) in [6.45, 7) is 1.17. The molecule has 0 aliphatic carbocycles. The molecule has 0 saturated heterocycles. The Balaban J connectivity index is 0. The van der Waals surface area contributed by atoms with Gasteiger partial charge in [0.2, 0.25) is 0 Å². The Hall–Kier alpha value is 0.467. The molecule has 0 amide bonds. The smallest absolute Gasteiger partial charge is 0.419 e. The first-order valence-corrected chi connectivity index (χ1v) is 3.04. The summed E-state index contributed by atoms with van der Waals surface area (Å²) < 4.78 is 23.3. The van der Waals surface area contributed by atoms with E-state index in [1.54, 1.807) is 0 Å². The van der Waals surface area contributed by atoms with Crippen LogP contribution in [0.4, 0.5) is 0 Å². The van der Waals surface area contributed by atoms with Gasteiger partial charge in [-0.1, -0.05) is 0 Å². The van der Waals surface area contributed by atoms with E-state index in [0.717, 1.165) is 0 Å². The van der Waals surface area contributed by atoms with Gasteiger partial charge in [-0.3, -0.25) is 0 Å². The van der Waals surface area contributed by atoms with Crippen LogP contribution in [0.3, 0.4) is 0 Å². The van der Waals surface area contributed by atoms with Crippen molar-refractivity contribution in [3.8, 4) is 0 Å². The minimum atomic E-state index is -2.51. The van der Waals surface area contributed by atoms with Crippen LogP contribution < -0.4 is 18.9 Å². The first kappa shape index (κ1) is 12.2. The van der Waals surface area contributed by atoms with Crippen molar-refractivity contribution in [1.29, 1.82) is 0 Å². The number of aliphatic hydroxyl groups is 1. The molecule has 1 N–H and O–H groups in total. The van der Waals surface area contributed by atoms with Crippen LogP contribution in [-0.2, 0) is 23.6 Å². The van der Waals surface area contributed by atoms with Gasteiger partial charge in [-0.25, -0.2) is 0 Å². The Morgan fingerprint density at radius 2 is 2.11 bits per heavy atom. The molecule has 0 fully saturated rings. The number of hydrogen-bond acceptors (Lipinski definition) is 5. The Labute approximate surface area is 67.5 Å². The molecule has 0 bridgehead atoms. The molecule has 0 heterocycles. The maximum absolute atomic E-state index is 9.64. The second kappa shape index (κ2) is 6.59. The minimum Gasteiger partial charge on any atom is -0.419 e. The molecule has 50 valence electrons. The van der Waals surface area contributed by atoms with Gasteiger partial charge in [0.15, 0.2) is 0 Å². The van der Waals surface area contributed by atoms with Crippen LogP contribution in [0.25, 0.3) is 0 Å². The normalized spacial score (nSPS) is 12.8. The van der Waals surface area contributed by atoms with E-state index in [-0.39, 0.29) is 25.5 Å². The van der Waals surface area contributed by atoms with Gasteiger partial charge in [0.25, 0.3) is 0 Å². The average Bonchev–Trinajstić information content (AvgIpc) is 1.65. The van der Waals surface area contributed by atoms with Crippen molar-refractivity contribution in [3.63, 3.8) is 0 Å². The molecule has 1 unspecified atom stereocenters. The van der Waals surface area contributed by atoms with Crippen molar-refractivity contribution < 1.29 is 36.6 Å². The summed E-state index contributed by atoms with van der Waals surface area (Å²) in [5, 5.41) is 8.19. The van der Waals surface area contributed by atoms with Crippen LogP contribution in [0.15, 0.2) is 0 Å². The first-order chi connectivity index (χ1) is 3.66. The molecule has 0 aromatic carbocycles. The molecule has 0 aromatic rings. The zero-order valence-electron chi connectivity index (χ0n) is 5.36. The second-order valence-electron chi connectivity index (χ2n) is 1.29. The van der Waals surface area contributed by atoms with Crippen molar-refractivity contribution in [3.05, 3.63) is 0 Å². The van der Waals surface area contributed by atoms with Crippen molar-refractivity contribution in [2.75, 3.05) is 6.61 Å². The van der Waals surface area contributed by atoms with Crippen LogP contribution in [0.2, 0.25) is 0 Å². The molecular formula is C3H7LiO4S. The summed E-state index contributed by atoms with van der Waals surface area (Å²) in [6.07, 6.45) is -0.631. The fourth-order valence-corrected chi connectivity index (χ4v) is 0.494. The van der Waals surface area contributed by atoms with E-state index in [1.165, 1.54) is 6.92 Å². The average molecular weight is 146 g/mol.